The van der Waals surface area contributed by atoms with Crippen LogP contribution in [0.5, 0.6) is 5.75 Å². The maximum absolute atomic E-state index is 9.29. The molecule has 3 aromatic rings. The van der Waals surface area contributed by atoms with Crippen molar-refractivity contribution >= 4 is 0 Å². The average molecular weight is 238 g/mol. The van der Waals surface area contributed by atoms with Gasteiger partial charge >= 0.3 is 0 Å². The number of pyridine rings is 1. The third kappa shape index (κ3) is 1.82. The van der Waals surface area contributed by atoms with E-state index >= 15 is 0 Å². The van der Waals surface area contributed by atoms with Crippen molar-refractivity contribution in [2.75, 3.05) is 0 Å². The number of hydrogen-bond donors (Lipinski definition) is 1. The van der Waals surface area contributed by atoms with Crippen LogP contribution < -0.4 is 0 Å². The number of phenolic OH excluding ortho intramolecular Hbond substituents is 1. The average Bonchev–Trinajstić information content (AvgIpc) is 2.90. The molecule has 0 saturated carbocycles. The zero-order chi connectivity index (χ0) is 12.4. The van der Waals surface area contributed by atoms with Gasteiger partial charge in [0.15, 0.2) is 5.82 Å². The first kappa shape index (κ1) is 10.5. The molecule has 0 amide bonds. The molecular formula is C13H10N4O. The molecule has 0 fully saturated rings. The first-order valence-electron chi connectivity index (χ1n) is 5.44. The lowest BCUT2D eigenvalue weighted by molar-refractivity contribution is 0.475. The van der Waals surface area contributed by atoms with Gasteiger partial charge in [0.1, 0.15) is 12.1 Å². The first-order chi connectivity index (χ1) is 8.84. The Labute approximate surface area is 103 Å². The summed E-state index contributed by atoms with van der Waals surface area (Å²) in [4.78, 5) is 3.98. The van der Waals surface area contributed by atoms with Crippen LogP contribution in [0.3, 0.4) is 0 Å². The van der Waals surface area contributed by atoms with Crippen LogP contribution in [0.2, 0.25) is 0 Å². The second-order valence-electron chi connectivity index (χ2n) is 3.78. The second-order valence-corrected chi connectivity index (χ2v) is 3.78. The highest BCUT2D eigenvalue weighted by Crippen LogP contribution is 2.21. The zero-order valence-electron chi connectivity index (χ0n) is 9.43. The quantitative estimate of drug-likeness (QED) is 0.742. The van der Waals surface area contributed by atoms with Crippen molar-refractivity contribution in [3.05, 3.63) is 55.1 Å². The number of aromatic hydroxyl groups is 1. The Morgan fingerprint density at radius 3 is 2.39 bits per heavy atom. The summed E-state index contributed by atoms with van der Waals surface area (Å²) in [6, 6.07) is 10.6. The topological polar surface area (TPSA) is 63.8 Å². The SMILES string of the molecule is Oc1ccc(-n2cnnc2-c2ccncc2)cc1. The smallest absolute Gasteiger partial charge is 0.168 e. The van der Waals surface area contributed by atoms with E-state index in [1.54, 1.807) is 30.9 Å². The molecule has 88 valence electrons. The summed E-state index contributed by atoms with van der Waals surface area (Å²) in [6.07, 6.45) is 5.07. The summed E-state index contributed by atoms with van der Waals surface area (Å²) in [5, 5.41) is 17.3. The number of rotatable bonds is 2. The summed E-state index contributed by atoms with van der Waals surface area (Å²) in [5.74, 6) is 0.973. The van der Waals surface area contributed by atoms with Crippen LogP contribution in [0.1, 0.15) is 0 Å². The third-order valence-electron chi connectivity index (χ3n) is 2.61. The number of phenols is 1. The molecule has 5 heteroatoms. The van der Waals surface area contributed by atoms with Gasteiger partial charge in [0.25, 0.3) is 0 Å². The van der Waals surface area contributed by atoms with E-state index in [1.807, 2.05) is 28.8 Å². The predicted molar refractivity (Wildman–Crippen MR) is 66.3 cm³/mol. The van der Waals surface area contributed by atoms with E-state index in [9.17, 15) is 5.11 Å². The number of aromatic nitrogens is 4. The normalized spacial score (nSPS) is 10.4. The minimum absolute atomic E-state index is 0.234. The molecule has 1 N–H and O–H groups in total. The van der Waals surface area contributed by atoms with Crippen molar-refractivity contribution in [2.24, 2.45) is 0 Å². The van der Waals surface area contributed by atoms with Gasteiger partial charge in [-0.05, 0) is 36.4 Å². The molecule has 2 heterocycles. The van der Waals surface area contributed by atoms with Crippen LogP contribution in [-0.2, 0) is 0 Å². The molecule has 0 atom stereocenters. The lowest BCUT2D eigenvalue weighted by Crippen LogP contribution is -1.95. The minimum Gasteiger partial charge on any atom is -0.508 e. The van der Waals surface area contributed by atoms with Crippen molar-refractivity contribution in [1.29, 1.82) is 0 Å². The van der Waals surface area contributed by atoms with E-state index < -0.39 is 0 Å². The van der Waals surface area contributed by atoms with Gasteiger partial charge in [-0.2, -0.15) is 0 Å². The summed E-state index contributed by atoms with van der Waals surface area (Å²) < 4.78 is 1.86. The van der Waals surface area contributed by atoms with Gasteiger partial charge in [-0.3, -0.25) is 9.55 Å². The highest BCUT2D eigenvalue weighted by atomic mass is 16.3. The van der Waals surface area contributed by atoms with Crippen LogP contribution in [0.15, 0.2) is 55.1 Å². The van der Waals surface area contributed by atoms with E-state index in [-0.39, 0.29) is 5.75 Å². The Balaban J connectivity index is 2.10. The Morgan fingerprint density at radius 2 is 1.67 bits per heavy atom. The van der Waals surface area contributed by atoms with Gasteiger partial charge in [-0.1, -0.05) is 0 Å². The highest BCUT2D eigenvalue weighted by molar-refractivity contribution is 5.57. The molecule has 0 aliphatic heterocycles. The van der Waals surface area contributed by atoms with Crippen molar-refractivity contribution < 1.29 is 5.11 Å². The van der Waals surface area contributed by atoms with Crippen molar-refractivity contribution in [3.8, 4) is 22.8 Å². The Kier molecular flexibility index (Phi) is 2.49. The molecule has 0 aliphatic carbocycles. The molecule has 1 aromatic carbocycles. The van der Waals surface area contributed by atoms with Gasteiger partial charge in [0, 0.05) is 23.6 Å². The summed E-state index contributed by atoms with van der Waals surface area (Å²) in [7, 11) is 0. The summed E-state index contributed by atoms with van der Waals surface area (Å²) in [5.41, 5.74) is 1.83. The van der Waals surface area contributed by atoms with Gasteiger partial charge in [-0.15, -0.1) is 10.2 Å². The van der Waals surface area contributed by atoms with E-state index in [1.165, 1.54) is 0 Å². The van der Waals surface area contributed by atoms with Crippen molar-refractivity contribution in [1.82, 2.24) is 19.7 Å². The Bertz CT molecular complexity index is 646. The Hall–Kier alpha value is -2.69. The standard InChI is InChI=1S/C13H10N4O/c18-12-3-1-11(2-4-12)17-9-15-16-13(17)10-5-7-14-8-6-10/h1-9,18H. The predicted octanol–water partition coefficient (Wildman–Crippen LogP) is 2.03. The van der Waals surface area contributed by atoms with Gasteiger partial charge in [0.05, 0.1) is 0 Å². The third-order valence-corrected chi connectivity index (χ3v) is 2.61. The Morgan fingerprint density at radius 1 is 0.944 bits per heavy atom. The molecule has 0 saturated heterocycles. The highest BCUT2D eigenvalue weighted by Gasteiger charge is 2.08. The van der Waals surface area contributed by atoms with E-state index in [0.717, 1.165) is 17.1 Å². The molecule has 0 radical (unpaired) electrons. The summed E-state index contributed by atoms with van der Waals surface area (Å²) in [6.45, 7) is 0. The fourth-order valence-electron chi connectivity index (χ4n) is 1.74. The molecule has 2 aromatic heterocycles. The van der Waals surface area contributed by atoms with Crippen molar-refractivity contribution in [2.45, 2.75) is 0 Å². The fraction of sp³-hybridized carbons (Fsp3) is 0. The van der Waals surface area contributed by atoms with E-state index in [0.29, 0.717) is 0 Å². The second kappa shape index (κ2) is 4.29. The van der Waals surface area contributed by atoms with Crippen LogP contribution in [0.25, 0.3) is 17.1 Å². The van der Waals surface area contributed by atoms with Crippen LogP contribution in [-0.4, -0.2) is 24.9 Å². The number of hydrogen-bond acceptors (Lipinski definition) is 4. The molecule has 18 heavy (non-hydrogen) atoms. The van der Waals surface area contributed by atoms with Gasteiger partial charge < -0.3 is 5.11 Å². The number of benzene rings is 1. The number of nitrogens with zero attached hydrogens (tertiary/aromatic N) is 4. The summed E-state index contributed by atoms with van der Waals surface area (Å²) >= 11 is 0. The van der Waals surface area contributed by atoms with E-state index in [4.69, 9.17) is 0 Å². The van der Waals surface area contributed by atoms with Gasteiger partial charge in [0.2, 0.25) is 0 Å². The molecule has 3 rings (SSSR count). The van der Waals surface area contributed by atoms with Crippen molar-refractivity contribution in [3.63, 3.8) is 0 Å². The van der Waals surface area contributed by atoms with Crippen LogP contribution >= 0.6 is 0 Å². The first-order valence-corrected chi connectivity index (χ1v) is 5.44. The molecule has 0 unspecified atom stereocenters. The van der Waals surface area contributed by atoms with Crippen LogP contribution in [0, 0.1) is 0 Å². The van der Waals surface area contributed by atoms with Crippen LogP contribution in [0.4, 0.5) is 0 Å². The lowest BCUT2D eigenvalue weighted by Gasteiger charge is -2.06. The molecule has 5 nitrogen and oxygen atoms in total. The minimum atomic E-state index is 0.234. The lowest BCUT2D eigenvalue weighted by atomic mass is 10.2. The zero-order valence-corrected chi connectivity index (χ0v) is 9.43. The fourth-order valence-corrected chi connectivity index (χ4v) is 1.74. The molecule has 0 spiro atoms. The molecule has 0 aliphatic rings. The van der Waals surface area contributed by atoms with Gasteiger partial charge in [-0.25, -0.2) is 0 Å². The maximum atomic E-state index is 9.29. The molecule has 0 bridgehead atoms. The largest absolute Gasteiger partial charge is 0.508 e. The van der Waals surface area contributed by atoms with E-state index in [2.05, 4.69) is 15.2 Å². The monoisotopic (exact) mass is 238 g/mol. The maximum Gasteiger partial charge on any atom is 0.168 e. The molecular weight excluding hydrogens is 228 g/mol.